The van der Waals surface area contributed by atoms with Crippen molar-refractivity contribution < 1.29 is 19.0 Å². The molecular weight excluding hydrogens is 366 g/mol. The standard InChI is InChI=1S/C19H19N3O4S/c1-24-12-8-9-15(16(10-12)25-2)20-17(23)11-26-18-13-6-4-5-7-14(13)21-19(22-18)27-3/h4-10H,11H2,1-3H3,(H,20,23). The number of fused-ring (bicyclic) bond motifs is 1. The van der Waals surface area contributed by atoms with Gasteiger partial charge in [-0.25, -0.2) is 4.98 Å². The van der Waals surface area contributed by atoms with Crippen LogP contribution in [0.25, 0.3) is 10.9 Å². The van der Waals surface area contributed by atoms with E-state index in [-0.39, 0.29) is 12.5 Å². The second kappa shape index (κ2) is 8.59. The molecule has 0 radical (unpaired) electrons. The van der Waals surface area contributed by atoms with Crippen molar-refractivity contribution in [2.75, 3.05) is 32.4 Å². The second-order valence-electron chi connectivity index (χ2n) is 5.44. The molecule has 0 bridgehead atoms. The van der Waals surface area contributed by atoms with Crippen LogP contribution in [0.4, 0.5) is 5.69 Å². The Morgan fingerprint density at radius 3 is 2.67 bits per heavy atom. The minimum Gasteiger partial charge on any atom is -0.497 e. The van der Waals surface area contributed by atoms with Gasteiger partial charge in [-0.3, -0.25) is 4.79 Å². The first-order valence-electron chi connectivity index (χ1n) is 8.10. The normalized spacial score (nSPS) is 10.5. The average molecular weight is 385 g/mol. The minimum absolute atomic E-state index is 0.190. The fraction of sp³-hybridized carbons (Fsp3) is 0.211. The number of nitrogens with one attached hydrogen (secondary N) is 1. The van der Waals surface area contributed by atoms with Crippen molar-refractivity contribution >= 4 is 34.3 Å². The van der Waals surface area contributed by atoms with Crippen molar-refractivity contribution in [2.24, 2.45) is 0 Å². The van der Waals surface area contributed by atoms with Gasteiger partial charge in [0, 0.05) is 6.07 Å². The molecule has 1 heterocycles. The number of hydrogen-bond donors (Lipinski definition) is 1. The van der Waals surface area contributed by atoms with Crippen LogP contribution < -0.4 is 19.5 Å². The number of carbonyl (C=O) groups is 1. The van der Waals surface area contributed by atoms with Crippen LogP contribution >= 0.6 is 11.8 Å². The molecule has 0 saturated heterocycles. The maximum absolute atomic E-state index is 12.3. The average Bonchev–Trinajstić information content (AvgIpc) is 2.71. The molecule has 3 rings (SSSR count). The Kier molecular flexibility index (Phi) is 5.97. The topological polar surface area (TPSA) is 82.6 Å². The molecule has 8 heteroatoms. The first-order valence-corrected chi connectivity index (χ1v) is 9.32. The number of aromatic nitrogens is 2. The lowest BCUT2D eigenvalue weighted by Crippen LogP contribution is -2.21. The molecule has 0 unspecified atom stereocenters. The Morgan fingerprint density at radius 2 is 1.93 bits per heavy atom. The summed E-state index contributed by atoms with van der Waals surface area (Å²) in [6.07, 6.45) is 1.89. The van der Waals surface area contributed by atoms with Crippen molar-refractivity contribution in [1.29, 1.82) is 0 Å². The molecule has 3 aromatic rings. The summed E-state index contributed by atoms with van der Waals surface area (Å²) >= 11 is 1.41. The van der Waals surface area contributed by atoms with E-state index in [2.05, 4.69) is 15.3 Å². The molecule has 0 saturated carbocycles. The van der Waals surface area contributed by atoms with Crippen LogP contribution in [0.5, 0.6) is 17.4 Å². The van der Waals surface area contributed by atoms with Crippen LogP contribution in [0.1, 0.15) is 0 Å². The number of amides is 1. The summed E-state index contributed by atoms with van der Waals surface area (Å²) < 4.78 is 16.1. The minimum atomic E-state index is -0.327. The number of thioether (sulfide) groups is 1. The highest BCUT2D eigenvalue weighted by Gasteiger charge is 2.13. The van der Waals surface area contributed by atoms with Crippen molar-refractivity contribution in [3.05, 3.63) is 42.5 Å². The highest BCUT2D eigenvalue weighted by Crippen LogP contribution is 2.29. The van der Waals surface area contributed by atoms with Gasteiger partial charge >= 0.3 is 0 Å². The van der Waals surface area contributed by atoms with Crippen LogP contribution in [-0.2, 0) is 4.79 Å². The Morgan fingerprint density at radius 1 is 1.11 bits per heavy atom. The molecule has 0 aliphatic heterocycles. The Bertz CT molecular complexity index is 965. The van der Waals surface area contributed by atoms with E-state index in [1.54, 1.807) is 25.3 Å². The van der Waals surface area contributed by atoms with Crippen LogP contribution in [0.2, 0.25) is 0 Å². The third-order valence-corrected chi connectivity index (χ3v) is 4.30. The van der Waals surface area contributed by atoms with Gasteiger partial charge in [-0.05, 0) is 30.5 Å². The molecule has 0 atom stereocenters. The summed E-state index contributed by atoms with van der Waals surface area (Å²) in [5.41, 5.74) is 1.30. The van der Waals surface area contributed by atoms with Gasteiger partial charge in [0.2, 0.25) is 5.88 Å². The number of ether oxygens (including phenoxy) is 3. The SMILES string of the molecule is COc1ccc(NC(=O)COc2nc(SC)nc3ccccc23)c(OC)c1. The highest BCUT2D eigenvalue weighted by atomic mass is 32.2. The number of benzene rings is 2. The molecule has 0 fully saturated rings. The second-order valence-corrected chi connectivity index (χ2v) is 6.21. The molecule has 7 nitrogen and oxygen atoms in total. The van der Waals surface area contributed by atoms with Gasteiger partial charge in [-0.15, -0.1) is 0 Å². The van der Waals surface area contributed by atoms with Crippen LogP contribution in [0, 0.1) is 0 Å². The number of para-hydroxylation sites is 1. The van der Waals surface area contributed by atoms with Crippen LogP contribution in [0.15, 0.2) is 47.6 Å². The van der Waals surface area contributed by atoms with Crippen molar-refractivity contribution in [3.8, 4) is 17.4 Å². The van der Waals surface area contributed by atoms with E-state index in [4.69, 9.17) is 14.2 Å². The van der Waals surface area contributed by atoms with E-state index < -0.39 is 0 Å². The number of anilines is 1. The Balaban J connectivity index is 1.74. The molecule has 140 valence electrons. The molecule has 1 amide bonds. The van der Waals surface area contributed by atoms with Gasteiger partial charge in [0.15, 0.2) is 11.8 Å². The number of carbonyl (C=O) groups excluding carboxylic acids is 1. The summed E-state index contributed by atoms with van der Waals surface area (Å²) in [5.74, 6) is 1.19. The van der Waals surface area contributed by atoms with Gasteiger partial charge in [0.05, 0.1) is 30.8 Å². The molecule has 0 spiro atoms. The van der Waals surface area contributed by atoms with Crippen molar-refractivity contribution in [3.63, 3.8) is 0 Å². The summed E-state index contributed by atoms with van der Waals surface area (Å²) in [6, 6.07) is 12.7. The smallest absolute Gasteiger partial charge is 0.262 e. The molecule has 1 N–H and O–H groups in total. The van der Waals surface area contributed by atoms with E-state index in [1.165, 1.54) is 18.9 Å². The summed E-state index contributed by atoms with van der Waals surface area (Å²) in [5, 5.41) is 4.11. The number of nitrogens with zero attached hydrogens (tertiary/aromatic N) is 2. The summed E-state index contributed by atoms with van der Waals surface area (Å²) in [7, 11) is 3.09. The molecule has 0 aliphatic rings. The first kappa shape index (κ1) is 18.8. The first-order chi connectivity index (χ1) is 13.1. The van der Waals surface area contributed by atoms with Gasteiger partial charge in [-0.2, -0.15) is 4.98 Å². The van der Waals surface area contributed by atoms with E-state index >= 15 is 0 Å². The van der Waals surface area contributed by atoms with Gasteiger partial charge < -0.3 is 19.5 Å². The fourth-order valence-corrected chi connectivity index (χ4v) is 2.81. The summed E-state index contributed by atoms with van der Waals surface area (Å²) in [6.45, 7) is -0.190. The monoisotopic (exact) mass is 385 g/mol. The molecular formula is C19H19N3O4S. The molecule has 0 aliphatic carbocycles. The van der Waals surface area contributed by atoms with E-state index in [0.29, 0.717) is 28.2 Å². The fourth-order valence-electron chi connectivity index (χ4n) is 2.45. The summed E-state index contributed by atoms with van der Waals surface area (Å²) in [4.78, 5) is 21.1. The maximum Gasteiger partial charge on any atom is 0.262 e. The van der Waals surface area contributed by atoms with E-state index in [0.717, 1.165) is 10.9 Å². The largest absolute Gasteiger partial charge is 0.497 e. The zero-order valence-electron chi connectivity index (χ0n) is 15.2. The number of hydrogen-bond acceptors (Lipinski definition) is 7. The lowest BCUT2D eigenvalue weighted by atomic mass is 10.2. The quantitative estimate of drug-likeness (QED) is 0.493. The third kappa shape index (κ3) is 4.40. The maximum atomic E-state index is 12.3. The number of methoxy groups -OCH3 is 2. The zero-order chi connectivity index (χ0) is 19.2. The molecule has 2 aromatic carbocycles. The molecule has 27 heavy (non-hydrogen) atoms. The van der Waals surface area contributed by atoms with Crippen LogP contribution in [0.3, 0.4) is 0 Å². The lowest BCUT2D eigenvalue weighted by Gasteiger charge is -2.12. The third-order valence-electron chi connectivity index (χ3n) is 3.75. The highest BCUT2D eigenvalue weighted by molar-refractivity contribution is 7.98. The zero-order valence-corrected chi connectivity index (χ0v) is 16.0. The van der Waals surface area contributed by atoms with Gasteiger partial charge in [0.1, 0.15) is 11.5 Å². The Labute approximate surface area is 161 Å². The lowest BCUT2D eigenvalue weighted by molar-refractivity contribution is -0.118. The Hall–Kier alpha value is -3.00. The van der Waals surface area contributed by atoms with Crippen LogP contribution in [-0.4, -0.2) is 43.0 Å². The molecule has 1 aromatic heterocycles. The van der Waals surface area contributed by atoms with Gasteiger partial charge in [-0.1, -0.05) is 23.9 Å². The van der Waals surface area contributed by atoms with Crippen molar-refractivity contribution in [2.45, 2.75) is 5.16 Å². The van der Waals surface area contributed by atoms with E-state index in [9.17, 15) is 4.79 Å². The van der Waals surface area contributed by atoms with E-state index in [1.807, 2.05) is 30.5 Å². The predicted molar refractivity (Wildman–Crippen MR) is 105 cm³/mol. The predicted octanol–water partition coefficient (Wildman–Crippen LogP) is 3.39. The van der Waals surface area contributed by atoms with Crippen molar-refractivity contribution in [1.82, 2.24) is 9.97 Å². The van der Waals surface area contributed by atoms with Gasteiger partial charge in [0.25, 0.3) is 5.91 Å². The number of rotatable bonds is 7.